The Morgan fingerprint density at radius 1 is 0.963 bits per heavy atom. The summed E-state index contributed by atoms with van der Waals surface area (Å²) in [5.41, 5.74) is -0.190. The van der Waals surface area contributed by atoms with E-state index in [1.54, 1.807) is 42.5 Å². The van der Waals surface area contributed by atoms with E-state index in [2.05, 4.69) is 15.2 Å². The van der Waals surface area contributed by atoms with Gasteiger partial charge in [-0.1, -0.05) is 41.9 Å². The Balaban J connectivity index is 1.75. The second-order valence-electron chi connectivity index (χ2n) is 5.48. The smallest absolute Gasteiger partial charge is 0.411 e. The van der Waals surface area contributed by atoms with E-state index >= 15 is 0 Å². The summed E-state index contributed by atoms with van der Waals surface area (Å²) < 4.78 is 45.1. The molecule has 0 bridgehead atoms. The van der Waals surface area contributed by atoms with E-state index in [1.807, 2.05) is 0 Å². The highest BCUT2D eigenvalue weighted by molar-refractivity contribution is 7.99. The average Bonchev–Trinajstić information content (AvgIpc) is 3.09. The minimum absolute atomic E-state index is 0.106. The van der Waals surface area contributed by atoms with E-state index in [0.717, 1.165) is 17.8 Å². The molecule has 0 unspecified atom stereocenters. The molecule has 0 aliphatic rings. The van der Waals surface area contributed by atoms with E-state index in [4.69, 9.17) is 16.0 Å². The molecule has 2 heterocycles. The Labute approximate surface area is 160 Å². The lowest BCUT2D eigenvalue weighted by atomic mass is 10.2. The van der Waals surface area contributed by atoms with Gasteiger partial charge in [-0.05, 0) is 36.0 Å². The lowest BCUT2D eigenvalue weighted by Crippen LogP contribution is -2.08. The van der Waals surface area contributed by atoms with Crippen molar-refractivity contribution in [2.24, 2.45) is 0 Å². The standard InChI is InChI=1S/C18H9ClF3N3OS/c19-12-7-3-1-5-10(12)16-24-25-17(26-16)27-14-9-15(18(20,21)22)23-13-8-4-2-6-11(13)14/h1-9H. The van der Waals surface area contributed by atoms with Gasteiger partial charge in [-0.25, -0.2) is 4.98 Å². The lowest BCUT2D eigenvalue weighted by molar-refractivity contribution is -0.141. The Morgan fingerprint density at radius 2 is 1.70 bits per heavy atom. The Kier molecular flexibility index (Phi) is 4.53. The van der Waals surface area contributed by atoms with Crippen LogP contribution in [0.15, 0.2) is 69.1 Å². The van der Waals surface area contributed by atoms with Gasteiger partial charge < -0.3 is 4.42 Å². The van der Waals surface area contributed by atoms with E-state index in [9.17, 15) is 13.2 Å². The largest absolute Gasteiger partial charge is 0.433 e. The molecule has 0 aliphatic heterocycles. The van der Waals surface area contributed by atoms with Crippen LogP contribution in [-0.4, -0.2) is 15.2 Å². The fourth-order valence-corrected chi connectivity index (χ4v) is 3.52. The fraction of sp³-hybridized carbons (Fsp3) is 0.0556. The molecule has 0 N–H and O–H groups in total. The molecule has 9 heteroatoms. The van der Waals surface area contributed by atoms with Gasteiger partial charge in [0.25, 0.3) is 5.22 Å². The fourth-order valence-electron chi connectivity index (χ4n) is 2.46. The van der Waals surface area contributed by atoms with Gasteiger partial charge in [-0.15, -0.1) is 10.2 Å². The maximum absolute atomic E-state index is 13.2. The number of pyridine rings is 1. The number of halogens is 4. The number of aromatic nitrogens is 3. The Hall–Kier alpha value is -2.58. The molecule has 4 aromatic rings. The molecule has 136 valence electrons. The second kappa shape index (κ2) is 6.86. The zero-order valence-electron chi connectivity index (χ0n) is 13.4. The van der Waals surface area contributed by atoms with Gasteiger partial charge in [-0.3, -0.25) is 0 Å². The van der Waals surface area contributed by atoms with Crippen LogP contribution in [-0.2, 0) is 6.18 Å². The molecule has 2 aromatic carbocycles. The second-order valence-corrected chi connectivity index (χ2v) is 6.88. The first-order chi connectivity index (χ1) is 12.9. The summed E-state index contributed by atoms with van der Waals surface area (Å²) in [6.07, 6.45) is -4.56. The van der Waals surface area contributed by atoms with Crippen molar-refractivity contribution in [2.45, 2.75) is 16.3 Å². The third-order valence-electron chi connectivity index (χ3n) is 3.68. The van der Waals surface area contributed by atoms with Crippen LogP contribution >= 0.6 is 23.4 Å². The molecular formula is C18H9ClF3N3OS. The van der Waals surface area contributed by atoms with Crippen molar-refractivity contribution in [1.29, 1.82) is 0 Å². The molecule has 4 nitrogen and oxygen atoms in total. The van der Waals surface area contributed by atoms with Crippen LogP contribution in [0.3, 0.4) is 0 Å². The van der Waals surface area contributed by atoms with Gasteiger partial charge in [0, 0.05) is 10.3 Å². The minimum Gasteiger partial charge on any atom is -0.411 e. The van der Waals surface area contributed by atoms with Crippen LogP contribution in [0, 0.1) is 0 Å². The van der Waals surface area contributed by atoms with Gasteiger partial charge in [0.15, 0.2) is 0 Å². The number of hydrogen-bond donors (Lipinski definition) is 0. The quantitative estimate of drug-likeness (QED) is 0.410. The number of fused-ring (bicyclic) bond motifs is 1. The monoisotopic (exact) mass is 407 g/mol. The molecule has 0 aliphatic carbocycles. The highest BCUT2D eigenvalue weighted by atomic mass is 35.5. The Bertz CT molecular complexity index is 1130. The van der Waals surface area contributed by atoms with Crippen molar-refractivity contribution < 1.29 is 17.6 Å². The van der Waals surface area contributed by atoms with Gasteiger partial charge in [-0.2, -0.15) is 13.2 Å². The maximum atomic E-state index is 13.2. The summed E-state index contributed by atoms with van der Waals surface area (Å²) in [5, 5.41) is 8.95. The van der Waals surface area contributed by atoms with Crippen molar-refractivity contribution in [1.82, 2.24) is 15.2 Å². The normalized spacial score (nSPS) is 11.9. The molecule has 0 spiro atoms. The number of alkyl halides is 3. The van der Waals surface area contributed by atoms with Gasteiger partial charge >= 0.3 is 6.18 Å². The van der Waals surface area contributed by atoms with E-state index in [-0.39, 0.29) is 16.6 Å². The molecule has 0 atom stereocenters. The van der Waals surface area contributed by atoms with Crippen LogP contribution < -0.4 is 0 Å². The summed E-state index contributed by atoms with van der Waals surface area (Å²) in [6, 6.07) is 14.5. The van der Waals surface area contributed by atoms with Gasteiger partial charge in [0.05, 0.1) is 16.1 Å². The SMILES string of the molecule is FC(F)(F)c1cc(Sc2nnc(-c3ccccc3Cl)o2)c2ccccc2n1. The number of para-hydroxylation sites is 1. The maximum Gasteiger partial charge on any atom is 0.433 e. The molecule has 2 aromatic heterocycles. The summed E-state index contributed by atoms with van der Waals surface area (Å²) >= 11 is 7.05. The average molecular weight is 408 g/mol. The van der Waals surface area contributed by atoms with Gasteiger partial charge in [0.1, 0.15) is 5.69 Å². The van der Waals surface area contributed by atoms with E-state index in [1.165, 1.54) is 6.07 Å². The lowest BCUT2D eigenvalue weighted by Gasteiger charge is -2.10. The number of hydrogen-bond acceptors (Lipinski definition) is 5. The van der Waals surface area contributed by atoms with Crippen molar-refractivity contribution in [3.8, 4) is 11.5 Å². The summed E-state index contributed by atoms with van der Waals surface area (Å²) in [5.74, 6) is 0.192. The predicted octanol–water partition coefficient (Wildman–Crippen LogP) is 6.11. The molecule has 0 fully saturated rings. The van der Waals surface area contributed by atoms with Gasteiger partial charge in [0.2, 0.25) is 5.89 Å². The zero-order chi connectivity index (χ0) is 19.0. The first-order valence-electron chi connectivity index (χ1n) is 7.65. The Morgan fingerprint density at radius 3 is 2.48 bits per heavy atom. The topological polar surface area (TPSA) is 51.8 Å². The summed E-state index contributed by atoms with van der Waals surface area (Å²) in [4.78, 5) is 4.01. The zero-order valence-corrected chi connectivity index (χ0v) is 14.9. The van der Waals surface area contributed by atoms with Crippen molar-refractivity contribution >= 4 is 34.3 Å². The highest BCUT2D eigenvalue weighted by Crippen LogP contribution is 2.38. The summed E-state index contributed by atoms with van der Waals surface area (Å²) in [7, 11) is 0. The number of nitrogens with zero attached hydrogens (tertiary/aromatic N) is 3. The molecule has 0 saturated heterocycles. The molecule has 0 radical (unpaired) electrons. The minimum atomic E-state index is -4.56. The third kappa shape index (κ3) is 3.63. The first-order valence-corrected chi connectivity index (χ1v) is 8.84. The van der Waals surface area contributed by atoms with Crippen LogP contribution in [0.1, 0.15) is 5.69 Å². The van der Waals surface area contributed by atoms with Crippen LogP contribution in [0.5, 0.6) is 0 Å². The van der Waals surface area contributed by atoms with Crippen molar-refractivity contribution in [3.05, 3.63) is 65.3 Å². The number of benzene rings is 2. The third-order valence-corrected chi connectivity index (χ3v) is 4.90. The molecule has 4 rings (SSSR count). The molecule has 27 heavy (non-hydrogen) atoms. The molecule has 0 saturated carbocycles. The van der Waals surface area contributed by atoms with Crippen LogP contribution in [0.25, 0.3) is 22.4 Å². The van der Waals surface area contributed by atoms with Crippen LogP contribution in [0.2, 0.25) is 5.02 Å². The molecular weight excluding hydrogens is 399 g/mol. The predicted molar refractivity (Wildman–Crippen MR) is 95.6 cm³/mol. The summed E-state index contributed by atoms with van der Waals surface area (Å²) in [6.45, 7) is 0. The molecule has 0 amide bonds. The van der Waals surface area contributed by atoms with Crippen LogP contribution in [0.4, 0.5) is 13.2 Å². The van der Waals surface area contributed by atoms with E-state index < -0.39 is 11.9 Å². The first kappa shape index (κ1) is 17.8. The highest BCUT2D eigenvalue weighted by Gasteiger charge is 2.33. The van der Waals surface area contributed by atoms with Crippen molar-refractivity contribution in [3.63, 3.8) is 0 Å². The van der Waals surface area contributed by atoms with Crippen molar-refractivity contribution in [2.75, 3.05) is 0 Å². The van der Waals surface area contributed by atoms with E-state index in [0.29, 0.717) is 20.9 Å². The number of rotatable bonds is 3.